The summed E-state index contributed by atoms with van der Waals surface area (Å²) in [6, 6.07) is 15.2. The van der Waals surface area contributed by atoms with E-state index in [9.17, 15) is 15.0 Å². The van der Waals surface area contributed by atoms with Crippen molar-refractivity contribution < 1.29 is 4.92 Å². The summed E-state index contributed by atoms with van der Waals surface area (Å²) in [6.45, 7) is 0. The molecule has 0 fully saturated rings. The lowest BCUT2D eigenvalue weighted by atomic mass is 10.1. The first-order chi connectivity index (χ1) is 14.1. The third kappa shape index (κ3) is 2.81. The Balaban J connectivity index is 1.76. The SMILES string of the molecule is O=Nc1ccc2c(Nc3ccc4[nH]ncc4c3)c3ccc([N+](=O)[O-])cc3nc2c1. The van der Waals surface area contributed by atoms with Crippen LogP contribution in [0, 0.1) is 15.0 Å². The molecule has 0 spiro atoms. The van der Waals surface area contributed by atoms with Crippen LogP contribution in [0.25, 0.3) is 32.7 Å². The molecular weight excluding hydrogens is 372 g/mol. The van der Waals surface area contributed by atoms with Gasteiger partial charge in [-0.1, -0.05) is 0 Å². The normalized spacial score (nSPS) is 11.2. The minimum absolute atomic E-state index is 0.0558. The molecule has 0 amide bonds. The Morgan fingerprint density at radius 1 is 1.00 bits per heavy atom. The quantitative estimate of drug-likeness (QED) is 0.187. The van der Waals surface area contributed by atoms with E-state index in [2.05, 4.69) is 25.7 Å². The van der Waals surface area contributed by atoms with Gasteiger partial charge in [-0.3, -0.25) is 15.2 Å². The van der Waals surface area contributed by atoms with Crippen LogP contribution in [0.1, 0.15) is 0 Å². The molecule has 0 saturated heterocycles. The first-order valence-corrected chi connectivity index (χ1v) is 8.68. The zero-order valence-electron chi connectivity index (χ0n) is 14.8. The maximum Gasteiger partial charge on any atom is 0.271 e. The van der Waals surface area contributed by atoms with E-state index in [0.29, 0.717) is 11.0 Å². The molecule has 2 aromatic heterocycles. The molecule has 29 heavy (non-hydrogen) atoms. The van der Waals surface area contributed by atoms with Gasteiger partial charge in [0.25, 0.3) is 5.69 Å². The molecule has 9 nitrogen and oxygen atoms in total. The molecule has 0 radical (unpaired) electrons. The number of fused-ring (bicyclic) bond motifs is 3. The van der Waals surface area contributed by atoms with E-state index in [1.807, 2.05) is 18.2 Å². The van der Waals surface area contributed by atoms with Gasteiger partial charge < -0.3 is 5.32 Å². The van der Waals surface area contributed by atoms with Crippen molar-refractivity contribution in [3.63, 3.8) is 0 Å². The lowest BCUT2D eigenvalue weighted by molar-refractivity contribution is -0.384. The Morgan fingerprint density at radius 2 is 1.79 bits per heavy atom. The van der Waals surface area contributed by atoms with Crippen LogP contribution in [0.5, 0.6) is 0 Å². The summed E-state index contributed by atoms with van der Waals surface area (Å²) in [5.74, 6) is 0. The Kier molecular flexibility index (Phi) is 3.66. The number of nitro benzene ring substituents is 1. The van der Waals surface area contributed by atoms with Crippen LogP contribution < -0.4 is 5.32 Å². The fraction of sp³-hybridized carbons (Fsp3) is 0. The van der Waals surface area contributed by atoms with Crippen molar-refractivity contribution in [2.45, 2.75) is 0 Å². The summed E-state index contributed by atoms with van der Waals surface area (Å²) in [5.41, 5.74) is 3.62. The van der Waals surface area contributed by atoms with E-state index in [-0.39, 0.29) is 11.4 Å². The number of anilines is 2. The maximum absolute atomic E-state index is 11.2. The molecule has 0 aliphatic heterocycles. The molecule has 0 atom stereocenters. The summed E-state index contributed by atoms with van der Waals surface area (Å²) in [7, 11) is 0. The number of nitroso groups, excluding NO2 is 1. The number of aromatic nitrogens is 3. The van der Waals surface area contributed by atoms with Crippen LogP contribution in [0.3, 0.4) is 0 Å². The minimum atomic E-state index is -0.464. The van der Waals surface area contributed by atoms with Gasteiger partial charge in [0.1, 0.15) is 5.69 Å². The van der Waals surface area contributed by atoms with Gasteiger partial charge in [0.05, 0.1) is 33.4 Å². The van der Waals surface area contributed by atoms with Crippen molar-refractivity contribution >= 4 is 55.5 Å². The number of nitrogens with zero attached hydrogens (tertiary/aromatic N) is 4. The average molecular weight is 384 g/mol. The van der Waals surface area contributed by atoms with E-state index in [1.54, 1.807) is 30.5 Å². The van der Waals surface area contributed by atoms with Crippen molar-refractivity contribution in [3.05, 3.63) is 75.8 Å². The highest BCUT2D eigenvalue weighted by atomic mass is 16.6. The van der Waals surface area contributed by atoms with Crippen LogP contribution in [-0.4, -0.2) is 20.1 Å². The first-order valence-electron chi connectivity index (χ1n) is 8.68. The molecule has 0 saturated carbocycles. The van der Waals surface area contributed by atoms with E-state index in [0.717, 1.165) is 33.1 Å². The Labute approximate surface area is 162 Å². The second kappa shape index (κ2) is 6.34. The van der Waals surface area contributed by atoms with Gasteiger partial charge in [-0.15, -0.1) is 4.91 Å². The van der Waals surface area contributed by atoms with Crippen LogP contribution in [0.15, 0.2) is 66.0 Å². The molecule has 5 rings (SSSR count). The summed E-state index contributed by atoms with van der Waals surface area (Å²) in [4.78, 5) is 26.2. The Morgan fingerprint density at radius 3 is 2.59 bits per heavy atom. The van der Waals surface area contributed by atoms with Crippen LogP contribution in [0.2, 0.25) is 0 Å². The first kappa shape index (κ1) is 16.8. The number of aromatic amines is 1. The molecule has 0 bridgehead atoms. The number of nitrogens with one attached hydrogen (secondary N) is 2. The van der Waals surface area contributed by atoms with Gasteiger partial charge >= 0.3 is 0 Å². The molecule has 9 heteroatoms. The third-order valence-corrected chi connectivity index (χ3v) is 4.77. The van der Waals surface area contributed by atoms with Gasteiger partial charge in [0.15, 0.2) is 0 Å². The van der Waals surface area contributed by atoms with Crippen LogP contribution in [-0.2, 0) is 0 Å². The molecule has 2 heterocycles. The van der Waals surface area contributed by atoms with Crippen molar-refractivity contribution in [1.29, 1.82) is 0 Å². The van der Waals surface area contributed by atoms with Crippen molar-refractivity contribution in [2.75, 3.05) is 5.32 Å². The molecule has 5 aromatic rings. The van der Waals surface area contributed by atoms with E-state index < -0.39 is 4.92 Å². The zero-order valence-corrected chi connectivity index (χ0v) is 14.8. The third-order valence-electron chi connectivity index (χ3n) is 4.77. The van der Waals surface area contributed by atoms with Crippen molar-refractivity contribution in [2.24, 2.45) is 5.18 Å². The molecule has 3 aromatic carbocycles. The number of rotatable bonds is 4. The number of pyridine rings is 1. The van der Waals surface area contributed by atoms with Crippen LogP contribution in [0.4, 0.5) is 22.7 Å². The smallest absolute Gasteiger partial charge is 0.271 e. The number of H-pyrrole nitrogens is 1. The molecule has 0 unspecified atom stereocenters. The summed E-state index contributed by atoms with van der Waals surface area (Å²) < 4.78 is 0. The zero-order chi connectivity index (χ0) is 20.0. The summed E-state index contributed by atoms with van der Waals surface area (Å²) in [6.07, 6.45) is 1.73. The second-order valence-corrected chi connectivity index (χ2v) is 6.54. The topological polar surface area (TPSA) is 126 Å². The fourth-order valence-electron chi connectivity index (χ4n) is 3.39. The molecule has 140 valence electrons. The number of nitro groups is 1. The Hall–Kier alpha value is -4.40. The lowest BCUT2D eigenvalue weighted by Gasteiger charge is -2.13. The van der Waals surface area contributed by atoms with Gasteiger partial charge in [-0.25, -0.2) is 4.98 Å². The lowest BCUT2D eigenvalue weighted by Crippen LogP contribution is -1.96. The highest BCUT2D eigenvalue weighted by Gasteiger charge is 2.14. The van der Waals surface area contributed by atoms with Gasteiger partial charge in [0.2, 0.25) is 0 Å². The maximum atomic E-state index is 11.2. The van der Waals surface area contributed by atoms with Crippen LogP contribution >= 0.6 is 0 Å². The molecular formula is C20H12N6O3. The average Bonchev–Trinajstić information content (AvgIpc) is 3.20. The van der Waals surface area contributed by atoms with E-state index in [1.165, 1.54) is 12.1 Å². The predicted molar refractivity (Wildman–Crippen MR) is 111 cm³/mol. The number of hydrogen-bond donors (Lipinski definition) is 2. The Bertz CT molecular complexity index is 1440. The van der Waals surface area contributed by atoms with Gasteiger partial charge in [0, 0.05) is 34.0 Å². The number of hydrogen-bond acceptors (Lipinski definition) is 7. The molecule has 2 N–H and O–H groups in total. The standard InChI is InChI=1S/C20H12N6O3/c27-25-13-1-4-15-18(8-13)23-19-9-14(26(28)29)3-5-16(19)20(15)22-12-2-6-17-11(7-12)10-21-24-17/h1-10H,(H,21,24)(H,22,23). The van der Waals surface area contributed by atoms with E-state index in [4.69, 9.17) is 0 Å². The summed E-state index contributed by atoms with van der Waals surface area (Å²) in [5, 5.41) is 26.9. The van der Waals surface area contributed by atoms with Crippen molar-refractivity contribution in [3.8, 4) is 0 Å². The second-order valence-electron chi connectivity index (χ2n) is 6.54. The summed E-state index contributed by atoms with van der Waals surface area (Å²) >= 11 is 0. The van der Waals surface area contributed by atoms with Crippen molar-refractivity contribution in [1.82, 2.24) is 15.2 Å². The number of non-ortho nitro benzene ring substituents is 1. The minimum Gasteiger partial charge on any atom is -0.354 e. The largest absolute Gasteiger partial charge is 0.354 e. The fourth-order valence-corrected chi connectivity index (χ4v) is 3.39. The highest BCUT2D eigenvalue weighted by Crippen LogP contribution is 2.36. The van der Waals surface area contributed by atoms with Gasteiger partial charge in [-0.05, 0) is 47.6 Å². The monoisotopic (exact) mass is 384 g/mol. The predicted octanol–water partition coefficient (Wildman–Crippen LogP) is 5.31. The van der Waals surface area contributed by atoms with Gasteiger partial charge in [-0.2, -0.15) is 5.10 Å². The highest BCUT2D eigenvalue weighted by molar-refractivity contribution is 6.09. The molecule has 0 aliphatic carbocycles. The number of benzene rings is 3. The van der Waals surface area contributed by atoms with E-state index >= 15 is 0 Å². The molecule has 0 aliphatic rings.